The Bertz CT molecular complexity index is 1440. The number of halogens is 3. The molecule has 39 heavy (non-hydrogen) atoms. The summed E-state index contributed by atoms with van der Waals surface area (Å²) in [5, 5.41) is 5.88. The Hall–Kier alpha value is -4.26. The number of amides is 1. The van der Waals surface area contributed by atoms with Gasteiger partial charge in [-0.25, -0.2) is 9.97 Å². The van der Waals surface area contributed by atoms with E-state index in [9.17, 15) is 18.0 Å². The molecule has 0 atom stereocenters. The molecule has 0 saturated carbocycles. The van der Waals surface area contributed by atoms with Crippen LogP contribution in [0.1, 0.15) is 43.6 Å². The van der Waals surface area contributed by atoms with Crippen molar-refractivity contribution in [3.63, 3.8) is 0 Å². The maximum absolute atomic E-state index is 13.6. The van der Waals surface area contributed by atoms with Crippen LogP contribution in [0.25, 0.3) is 11.4 Å². The second-order valence-electron chi connectivity index (χ2n) is 8.86. The number of hydrogen-bond donors (Lipinski definition) is 2. The monoisotopic (exact) mass is 558 g/mol. The molecule has 0 fully saturated rings. The fraction of sp³-hybridized carbons (Fsp3) is 0.269. The van der Waals surface area contributed by atoms with Crippen molar-refractivity contribution >= 4 is 34.1 Å². The molecular weight excluding hydrogens is 533 g/mol. The van der Waals surface area contributed by atoms with Crippen LogP contribution in [-0.2, 0) is 6.18 Å². The zero-order valence-corrected chi connectivity index (χ0v) is 22.2. The highest BCUT2D eigenvalue weighted by Gasteiger charge is 2.35. The van der Waals surface area contributed by atoms with Gasteiger partial charge in [-0.2, -0.15) is 22.5 Å². The van der Waals surface area contributed by atoms with Gasteiger partial charge in [0.1, 0.15) is 17.9 Å². The first-order valence-corrected chi connectivity index (χ1v) is 12.6. The Balaban J connectivity index is 1.43. The molecule has 204 valence electrons. The molecule has 0 aliphatic carbocycles. The van der Waals surface area contributed by atoms with Crippen LogP contribution in [-0.4, -0.2) is 37.4 Å². The number of benzene rings is 2. The summed E-state index contributed by atoms with van der Waals surface area (Å²) in [5.74, 6) is 0.297. The molecule has 13 heteroatoms. The number of hydrogen-bond acceptors (Lipinski definition) is 9. The summed E-state index contributed by atoms with van der Waals surface area (Å²) in [4.78, 5) is 25.1. The highest BCUT2D eigenvalue weighted by atomic mass is 32.1. The van der Waals surface area contributed by atoms with E-state index in [4.69, 9.17) is 9.47 Å². The van der Waals surface area contributed by atoms with E-state index in [0.717, 1.165) is 17.6 Å². The number of alkyl halides is 3. The first kappa shape index (κ1) is 27.8. The molecule has 4 aromatic rings. The van der Waals surface area contributed by atoms with E-state index < -0.39 is 23.8 Å². The molecule has 2 N–H and O–H groups in total. The number of carbonyl (C=O) groups excluding carboxylic acids is 1. The van der Waals surface area contributed by atoms with Crippen LogP contribution >= 0.6 is 11.5 Å². The second kappa shape index (κ2) is 11.6. The maximum Gasteiger partial charge on any atom is 0.419 e. The summed E-state index contributed by atoms with van der Waals surface area (Å²) in [7, 11) is 0. The normalized spacial score (nSPS) is 11.5. The molecule has 0 spiro atoms. The van der Waals surface area contributed by atoms with E-state index in [0.29, 0.717) is 22.9 Å². The van der Waals surface area contributed by atoms with Gasteiger partial charge in [0.25, 0.3) is 5.91 Å². The highest BCUT2D eigenvalue weighted by Crippen LogP contribution is 2.39. The predicted octanol–water partition coefficient (Wildman–Crippen LogP) is 6.58. The van der Waals surface area contributed by atoms with E-state index >= 15 is 0 Å². The predicted molar refractivity (Wildman–Crippen MR) is 142 cm³/mol. The van der Waals surface area contributed by atoms with Crippen LogP contribution in [0.3, 0.4) is 0 Å². The smallest absolute Gasteiger partial charge is 0.419 e. The minimum Gasteiger partial charge on any atom is -0.490 e. The van der Waals surface area contributed by atoms with Gasteiger partial charge in [0.05, 0.1) is 17.8 Å². The Labute approximate surface area is 226 Å². The topological polar surface area (TPSA) is 111 Å². The van der Waals surface area contributed by atoms with Crippen LogP contribution in [0.5, 0.6) is 11.6 Å². The third-order valence-corrected chi connectivity index (χ3v) is 5.60. The number of nitrogens with one attached hydrogen (secondary N) is 2. The number of rotatable bonds is 9. The van der Waals surface area contributed by atoms with Crippen molar-refractivity contribution < 1.29 is 27.4 Å². The van der Waals surface area contributed by atoms with E-state index in [-0.39, 0.29) is 28.4 Å². The molecular formula is C26H25F3N6O3S. The first-order chi connectivity index (χ1) is 18.5. The summed E-state index contributed by atoms with van der Waals surface area (Å²) < 4.78 is 55.7. The number of carbonyl (C=O) groups is 1. The molecule has 2 aromatic carbocycles. The number of ether oxygens (including phenoxy) is 2. The summed E-state index contributed by atoms with van der Waals surface area (Å²) in [5.41, 5.74) is 0.258. The SMILES string of the molecule is CC(C)Oc1cc(Nc2ccc(C(=O)Nc3nc(-c4ccc(OC(C)C)c(C(F)(F)F)c4)ns3)cc2)ncn1. The summed E-state index contributed by atoms with van der Waals surface area (Å²) in [6.07, 6.45) is -3.69. The van der Waals surface area contributed by atoms with E-state index in [1.807, 2.05) is 13.8 Å². The van der Waals surface area contributed by atoms with Crippen LogP contribution in [0.4, 0.5) is 29.8 Å². The average molecular weight is 559 g/mol. The zero-order valence-electron chi connectivity index (χ0n) is 21.4. The van der Waals surface area contributed by atoms with Gasteiger partial charge in [0.15, 0.2) is 5.82 Å². The van der Waals surface area contributed by atoms with Crippen molar-refractivity contribution in [3.05, 3.63) is 66.0 Å². The highest BCUT2D eigenvalue weighted by molar-refractivity contribution is 7.10. The Morgan fingerprint density at radius 2 is 1.67 bits per heavy atom. The molecule has 0 aliphatic rings. The van der Waals surface area contributed by atoms with Gasteiger partial charge in [-0.15, -0.1) is 0 Å². The van der Waals surface area contributed by atoms with E-state index in [1.165, 1.54) is 18.5 Å². The lowest BCUT2D eigenvalue weighted by Crippen LogP contribution is -2.13. The third-order valence-electron chi connectivity index (χ3n) is 4.97. The number of aromatic nitrogens is 4. The van der Waals surface area contributed by atoms with E-state index in [1.54, 1.807) is 44.2 Å². The lowest BCUT2D eigenvalue weighted by Gasteiger charge is -2.16. The summed E-state index contributed by atoms with van der Waals surface area (Å²) in [6.45, 7) is 7.08. The molecule has 0 unspecified atom stereocenters. The second-order valence-corrected chi connectivity index (χ2v) is 9.61. The van der Waals surface area contributed by atoms with Crippen LogP contribution in [0.15, 0.2) is 54.9 Å². The lowest BCUT2D eigenvalue weighted by molar-refractivity contribution is -0.139. The van der Waals surface area contributed by atoms with Crippen molar-refractivity contribution in [3.8, 4) is 23.0 Å². The fourth-order valence-electron chi connectivity index (χ4n) is 3.37. The standard InChI is InChI=1S/C26H25F3N6O3S/c1-14(2)37-20-10-7-17(11-19(20)26(27,28)29)23-33-25(39-35-23)34-24(36)16-5-8-18(9-6-16)32-21-12-22(31-13-30-21)38-15(3)4/h5-15H,1-4H3,(H,30,31,32)(H,33,34,35,36). The van der Waals surface area contributed by atoms with Gasteiger partial charge < -0.3 is 14.8 Å². The average Bonchev–Trinajstić information content (AvgIpc) is 3.32. The summed E-state index contributed by atoms with van der Waals surface area (Å²) >= 11 is 0.862. The molecule has 2 heterocycles. The Morgan fingerprint density at radius 1 is 0.949 bits per heavy atom. The molecule has 0 aliphatic heterocycles. The van der Waals surface area contributed by atoms with Crippen molar-refractivity contribution in [1.29, 1.82) is 0 Å². The maximum atomic E-state index is 13.6. The lowest BCUT2D eigenvalue weighted by atomic mass is 10.1. The van der Waals surface area contributed by atoms with Gasteiger partial charge in [-0.05, 0) is 70.2 Å². The summed E-state index contributed by atoms with van der Waals surface area (Å²) in [6, 6.07) is 11.9. The third kappa shape index (κ3) is 7.41. The van der Waals surface area contributed by atoms with Gasteiger partial charge in [-0.3, -0.25) is 10.1 Å². The quantitative estimate of drug-likeness (QED) is 0.237. The van der Waals surface area contributed by atoms with Gasteiger partial charge in [0.2, 0.25) is 11.0 Å². The largest absolute Gasteiger partial charge is 0.490 e. The van der Waals surface area contributed by atoms with Crippen LogP contribution < -0.4 is 20.1 Å². The molecule has 1 amide bonds. The molecule has 0 bridgehead atoms. The Kier molecular flexibility index (Phi) is 8.29. The molecule has 9 nitrogen and oxygen atoms in total. The molecule has 0 radical (unpaired) electrons. The molecule has 0 saturated heterocycles. The van der Waals surface area contributed by atoms with Gasteiger partial charge in [0, 0.05) is 34.4 Å². The minimum absolute atomic E-state index is 0.0307. The number of anilines is 3. The van der Waals surface area contributed by atoms with E-state index in [2.05, 4.69) is 30.0 Å². The van der Waals surface area contributed by atoms with Gasteiger partial charge >= 0.3 is 6.18 Å². The van der Waals surface area contributed by atoms with Crippen LogP contribution in [0.2, 0.25) is 0 Å². The van der Waals surface area contributed by atoms with Crippen molar-refractivity contribution in [2.75, 3.05) is 10.6 Å². The molecule has 2 aromatic heterocycles. The first-order valence-electron chi connectivity index (χ1n) is 11.9. The Morgan fingerprint density at radius 3 is 2.33 bits per heavy atom. The van der Waals surface area contributed by atoms with Crippen molar-refractivity contribution in [2.24, 2.45) is 0 Å². The van der Waals surface area contributed by atoms with Gasteiger partial charge in [-0.1, -0.05) is 0 Å². The fourth-order valence-corrected chi connectivity index (χ4v) is 3.96. The molecule has 4 rings (SSSR count). The van der Waals surface area contributed by atoms with Crippen molar-refractivity contribution in [2.45, 2.75) is 46.1 Å². The minimum atomic E-state index is -4.62. The van der Waals surface area contributed by atoms with Crippen molar-refractivity contribution in [1.82, 2.24) is 19.3 Å². The zero-order chi connectivity index (χ0) is 28.2. The van der Waals surface area contributed by atoms with Crippen LogP contribution in [0, 0.1) is 0 Å². The number of nitrogens with zero attached hydrogens (tertiary/aromatic N) is 4.